The Hall–Kier alpha value is -4.05. The van der Waals surface area contributed by atoms with E-state index >= 15 is 0 Å². The molecule has 5 aromatic rings. The first kappa shape index (κ1) is 17.1. The molecular weight excluding hydrogens is 360 g/mol. The molecule has 138 valence electrons. The van der Waals surface area contributed by atoms with E-state index in [1.165, 1.54) is 6.07 Å². The molecule has 5 rings (SSSR count). The summed E-state index contributed by atoms with van der Waals surface area (Å²) in [5, 5.41) is 15.7. The Morgan fingerprint density at radius 1 is 0.724 bits per heavy atom. The lowest BCUT2D eigenvalue weighted by atomic mass is 9.96. The van der Waals surface area contributed by atoms with Crippen LogP contribution in [-0.4, -0.2) is 9.91 Å². The van der Waals surface area contributed by atoms with Gasteiger partial charge in [0.05, 0.1) is 21.5 Å². The van der Waals surface area contributed by atoms with Gasteiger partial charge in [-0.15, -0.1) is 0 Å². The van der Waals surface area contributed by atoms with Gasteiger partial charge < -0.3 is 0 Å². The molecule has 0 aliphatic rings. The maximum absolute atomic E-state index is 11.4. The average Bonchev–Trinajstić information content (AvgIpc) is 2.76. The van der Waals surface area contributed by atoms with E-state index in [1.54, 1.807) is 12.1 Å². The normalized spacial score (nSPS) is 11.6. The molecule has 0 spiro atoms. The molecule has 0 fully saturated rings. The number of pyridine rings is 1. The summed E-state index contributed by atoms with van der Waals surface area (Å²) in [5.74, 6) is 0. The van der Waals surface area contributed by atoms with Gasteiger partial charge in [-0.2, -0.15) is 0 Å². The summed E-state index contributed by atoms with van der Waals surface area (Å²) in [6.45, 7) is 0. The van der Waals surface area contributed by atoms with Gasteiger partial charge in [0.2, 0.25) is 0 Å². The third kappa shape index (κ3) is 2.91. The standard InChI is InChI=1S/C25H16N2O2/c28-27(29)24-12-6-2-8-18(24)13-15-21-20-10-4-5-11-22(20)26-23-16-14-17-7-1-3-9-19(17)25(21)23/h1-16H/b15-13+. The summed E-state index contributed by atoms with van der Waals surface area (Å²) < 4.78 is 0. The molecule has 0 unspecified atom stereocenters. The molecule has 1 heterocycles. The second-order valence-electron chi connectivity index (χ2n) is 6.87. The predicted octanol–water partition coefficient (Wildman–Crippen LogP) is 6.62. The Labute approximate surface area is 166 Å². The Bertz CT molecular complexity index is 1440. The zero-order valence-electron chi connectivity index (χ0n) is 15.4. The van der Waals surface area contributed by atoms with E-state index in [4.69, 9.17) is 4.98 Å². The highest BCUT2D eigenvalue weighted by Gasteiger charge is 2.12. The van der Waals surface area contributed by atoms with Crippen molar-refractivity contribution in [2.45, 2.75) is 0 Å². The number of nitro benzene ring substituents is 1. The number of hydrogen-bond donors (Lipinski definition) is 0. The minimum atomic E-state index is -0.349. The fourth-order valence-corrected chi connectivity index (χ4v) is 3.84. The highest BCUT2D eigenvalue weighted by atomic mass is 16.6. The van der Waals surface area contributed by atoms with Crippen LogP contribution in [0.1, 0.15) is 11.1 Å². The molecule has 4 nitrogen and oxygen atoms in total. The van der Waals surface area contributed by atoms with Crippen LogP contribution in [-0.2, 0) is 0 Å². The number of aromatic nitrogens is 1. The van der Waals surface area contributed by atoms with Crippen molar-refractivity contribution in [1.29, 1.82) is 0 Å². The Morgan fingerprint density at radius 2 is 1.45 bits per heavy atom. The van der Waals surface area contributed by atoms with Gasteiger partial charge in [-0.1, -0.05) is 66.7 Å². The van der Waals surface area contributed by atoms with E-state index in [0.717, 1.165) is 38.1 Å². The van der Waals surface area contributed by atoms with E-state index in [0.29, 0.717) is 5.56 Å². The highest BCUT2D eigenvalue weighted by molar-refractivity contribution is 6.15. The van der Waals surface area contributed by atoms with Gasteiger partial charge in [0.1, 0.15) is 0 Å². The SMILES string of the molecule is O=[N+]([O-])c1ccccc1/C=C/c1c2ccccc2nc2ccc3ccccc3c12. The van der Waals surface area contributed by atoms with Crippen molar-refractivity contribution in [3.8, 4) is 0 Å². The van der Waals surface area contributed by atoms with Crippen LogP contribution in [0.15, 0.2) is 84.9 Å². The van der Waals surface area contributed by atoms with Crippen LogP contribution in [0.25, 0.3) is 44.7 Å². The van der Waals surface area contributed by atoms with Crippen molar-refractivity contribution in [3.05, 3.63) is 106 Å². The summed E-state index contributed by atoms with van der Waals surface area (Å²) in [5.41, 5.74) is 3.49. The number of hydrogen-bond acceptors (Lipinski definition) is 3. The van der Waals surface area contributed by atoms with Crippen molar-refractivity contribution in [2.24, 2.45) is 0 Å². The molecule has 4 heteroatoms. The molecule has 0 aliphatic heterocycles. The van der Waals surface area contributed by atoms with Crippen LogP contribution >= 0.6 is 0 Å². The lowest BCUT2D eigenvalue weighted by molar-refractivity contribution is -0.385. The van der Waals surface area contributed by atoms with Crippen LogP contribution in [0, 0.1) is 10.1 Å². The largest absolute Gasteiger partial charge is 0.276 e. The first-order valence-corrected chi connectivity index (χ1v) is 9.34. The number of para-hydroxylation sites is 2. The quantitative estimate of drug-likeness (QED) is 0.154. The molecule has 0 saturated carbocycles. The lowest BCUT2D eigenvalue weighted by Crippen LogP contribution is -1.91. The van der Waals surface area contributed by atoms with Gasteiger partial charge in [0.15, 0.2) is 0 Å². The molecule has 0 atom stereocenters. The Kier molecular flexibility index (Phi) is 4.03. The number of benzene rings is 4. The van der Waals surface area contributed by atoms with Gasteiger partial charge in [-0.3, -0.25) is 10.1 Å². The summed E-state index contributed by atoms with van der Waals surface area (Å²) in [6.07, 6.45) is 3.79. The fraction of sp³-hybridized carbons (Fsp3) is 0. The summed E-state index contributed by atoms with van der Waals surface area (Å²) in [4.78, 5) is 15.9. The first-order chi connectivity index (χ1) is 14.2. The Morgan fingerprint density at radius 3 is 2.31 bits per heavy atom. The van der Waals surface area contributed by atoms with Gasteiger partial charge in [-0.05, 0) is 40.6 Å². The van der Waals surface area contributed by atoms with E-state index in [-0.39, 0.29) is 10.6 Å². The zero-order chi connectivity index (χ0) is 19.8. The zero-order valence-corrected chi connectivity index (χ0v) is 15.4. The number of nitrogens with zero attached hydrogens (tertiary/aromatic N) is 2. The monoisotopic (exact) mass is 376 g/mol. The summed E-state index contributed by atoms with van der Waals surface area (Å²) in [6, 6.07) is 27.1. The van der Waals surface area contributed by atoms with Crippen molar-refractivity contribution < 1.29 is 4.92 Å². The lowest BCUT2D eigenvalue weighted by Gasteiger charge is -2.10. The Balaban J connectivity index is 1.85. The minimum Gasteiger partial charge on any atom is -0.258 e. The maximum Gasteiger partial charge on any atom is 0.276 e. The topological polar surface area (TPSA) is 56.0 Å². The second-order valence-corrected chi connectivity index (χ2v) is 6.87. The summed E-state index contributed by atoms with van der Waals surface area (Å²) in [7, 11) is 0. The van der Waals surface area contributed by atoms with E-state index in [2.05, 4.69) is 18.2 Å². The molecule has 0 N–H and O–H groups in total. The minimum absolute atomic E-state index is 0.0938. The van der Waals surface area contributed by atoms with Crippen LogP contribution in [0.4, 0.5) is 5.69 Å². The molecule has 0 bridgehead atoms. The molecule has 1 aromatic heterocycles. The molecule has 0 saturated heterocycles. The molecule has 4 aromatic carbocycles. The molecule has 0 amide bonds. The van der Waals surface area contributed by atoms with Gasteiger partial charge in [0, 0.05) is 16.8 Å². The third-order valence-corrected chi connectivity index (χ3v) is 5.17. The highest BCUT2D eigenvalue weighted by Crippen LogP contribution is 2.33. The maximum atomic E-state index is 11.4. The van der Waals surface area contributed by atoms with Crippen molar-refractivity contribution in [1.82, 2.24) is 4.98 Å². The van der Waals surface area contributed by atoms with Gasteiger partial charge in [-0.25, -0.2) is 4.98 Å². The predicted molar refractivity (Wildman–Crippen MR) is 119 cm³/mol. The first-order valence-electron chi connectivity index (χ1n) is 9.34. The smallest absolute Gasteiger partial charge is 0.258 e. The molecule has 0 radical (unpaired) electrons. The molecule has 0 aliphatic carbocycles. The van der Waals surface area contributed by atoms with Crippen molar-refractivity contribution in [2.75, 3.05) is 0 Å². The van der Waals surface area contributed by atoms with Gasteiger partial charge >= 0.3 is 0 Å². The van der Waals surface area contributed by atoms with Crippen molar-refractivity contribution in [3.63, 3.8) is 0 Å². The number of fused-ring (bicyclic) bond motifs is 4. The van der Waals surface area contributed by atoms with Gasteiger partial charge in [0.25, 0.3) is 5.69 Å². The molecular formula is C25H16N2O2. The van der Waals surface area contributed by atoms with E-state index in [1.807, 2.05) is 60.7 Å². The number of nitro groups is 1. The number of rotatable bonds is 3. The van der Waals surface area contributed by atoms with E-state index < -0.39 is 0 Å². The summed E-state index contributed by atoms with van der Waals surface area (Å²) >= 11 is 0. The van der Waals surface area contributed by atoms with Crippen LogP contribution in [0.2, 0.25) is 0 Å². The fourth-order valence-electron chi connectivity index (χ4n) is 3.84. The van der Waals surface area contributed by atoms with E-state index in [9.17, 15) is 10.1 Å². The second kappa shape index (κ2) is 6.84. The third-order valence-electron chi connectivity index (χ3n) is 5.17. The van der Waals surface area contributed by atoms with Crippen LogP contribution in [0.3, 0.4) is 0 Å². The van der Waals surface area contributed by atoms with Crippen LogP contribution in [0.5, 0.6) is 0 Å². The van der Waals surface area contributed by atoms with Crippen LogP contribution < -0.4 is 0 Å². The average molecular weight is 376 g/mol. The van der Waals surface area contributed by atoms with Crippen molar-refractivity contribution >= 4 is 50.4 Å². The molecule has 29 heavy (non-hydrogen) atoms.